The molecule has 0 radical (unpaired) electrons. The summed E-state index contributed by atoms with van der Waals surface area (Å²) < 4.78 is 3.51. The van der Waals surface area contributed by atoms with Crippen LogP contribution in [0.3, 0.4) is 0 Å². The fraction of sp³-hybridized carbons (Fsp3) is 0.333. The van der Waals surface area contributed by atoms with Gasteiger partial charge in [0.2, 0.25) is 0 Å². The van der Waals surface area contributed by atoms with Crippen molar-refractivity contribution < 1.29 is 0 Å². The Hall–Kier alpha value is 0.01000. The van der Waals surface area contributed by atoms with Crippen LogP contribution in [0, 0.1) is 3.70 Å². The van der Waals surface area contributed by atoms with Gasteiger partial charge in [0, 0.05) is 12.7 Å². The fourth-order valence-corrected chi connectivity index (χ4v) is 1.36. The minimum absolute atomic E-state index is 1.07. The van der Waals surface area contributed by atoms with E-state index in [0.29, 0.717) is 0 Å². The van der Waals surface area contributed by atoms with Crippen LogP contribution < -0.4 is 0 Å². The molecule has 0 aliphatic carbocycles. The second kappa shape index (κ2) is 2.53. The van der Waals surface area contributed by atoms with E-state index >= 15 is 0 Å². The number of aryl methyl sites for hydroxylation is 1. The Morgan fingerprint density at radius 3 is 2.75 bits per heavy atom. The molecule has 44 valence electrons. The molecule has 1 rings (SSSR count). The summed E-state index contributed by atoms with van der Waals surface area (Å²) in [4.78, 5) is 0. The number of hydrogen-bond donors (Lipinski definition) is 0. The predicted octanol–water partition coefficient (Wildman–Crippen LogP) is 2.11. The SMILES string of the molecule is CCn1cccc1I. The Kier molecular flexibility index (Phi) is 1.94. The first kappa shape index (κ1) is 6.13. The topological polar surface area (TPSA) is 4.93 Å². The van der Waals surface area contributed by atoms with E-state index in [1.807, 2.05) is 0 Å². The normalized spacial score (nSPS) is 9.75. The Balaban J connectivity index is 2.92. The molecule has 0 aliphatic rings. The standard InChI is InChI=1S/C6H8IN/c1-2-8-5-3-4-6(8)7/h3-5H,2H2,1H3. The Labute approximate surface area is 62.8 Å². The van der Waals surface area contributed by atoms with Crippen LogP contribution in [-0.2, 0) is 6.54 Å². The molecule has 0 spiro atoms. The minimum Gasteiger partial charge on any atom is -0.343 e. The zero-order valence-corrected chi connectivity index (χ0v) is 6.92. The van der Waals surface area contributed by atoms with E-state index < -0.39 is 0 Å². The maximum absolute atomic E-state index is 2.32. The molecule has 1 aromatic rings. The van der Waals surface area contributed by atoms with Gasteiger partial charge in [-0.15, -0.1) is 0 Å². The molecule has 1 nitrogen and oxygen atoms in total. The lowest BCUT2D eigenvalue weighted by Gasteiger charge is -1.95. The molecular weight excluding hydrogens is 213 g/mol. The largest absolute Gasteiger partial charge is 0.343 e. The van der Waals surface area contributed by atoms with Crippen molar-refractivity contribution in [2.75, 3.05) is 0 Å². The van der Waals surface area contributed by atoms with Crippen LogP contribution in [0.25, 0.3) is 0 Å². The second-order valence-corrected chi connectivity index (χ2v) is 2.72. The summed E-state index contributed by atoms with van der Waals surface area (Å²) in [5.74, 6) is 0. The van der Waals surface area contributed by atoms with Crippen molar-refractivity contribution >= 4 is 22.6 Å². The van der Waals surface area contributed by atoms with E-state index in [9.17, 15) is 0 Å². The third-order valence-electron chi connectivity index (χ3n) is 1.11. The van der Waals surface area contributed by atoms with Crippen LogP contribution in [0.15, 0.2) is 18.3 Å². The molecule has 1 aromatic heterocycles. The first-order valence-corrected chi connectivity index (χ1v) is 3.73. The van der Waals surface area contributed by atoms with E-state index in [4.69, 9.17) is 0 Å². The molecule has 0 N–H and O–H groups in total. The van der Waals surface area contributed by atoms with Crippen LogP contribution in [0.4, 0.5) is 0 Å². The summed E-state index contributed by atoms with van der Waals surface area (Å²) in [5.41, 5.74) is 0. The second-order valence-electron chi connectivity index (χ2n) is 1.62. The lowest BCUT2D eigenvalue weighted by atomic mass is 10.7. The van der Waals surface area contributed by atoms with Crippen molar-refractivity contribution in [3.63, 3.8) is 0 Å². The van der Waals surface area contributed by atoms with Crippen molar-refractivity contribution in [3.05, 3.63) is 22.0 Å². The van der Waals surface area contributed by atoms with Gasteiger partial charge in [-0.05, 0) is 41.6 Å². The van der Waals surface area contributed by atoms with Crippen molar-refractivity contribution in [1.29, 1.82) is 0 Å². The molecule has 0 saturated carbocycles. The summed E-state index contributed by atoms with van der Waals surface area (Å²) in [6.07, 6.45) is 2.09. The third kappa shape index (κ3) is 1.05. The molecule has 0 aliphatic heterocycles. The maximum Gasteiger partial charge on any atom is 0.0798 e. The lowest BCUT2D eigenvalue weighted by molar-refractivity contribution is 0.750. The average molecular weight is 221 g/mol. The molecule has 0 atom stereocenters. The van der Waals surface area contributed by atoms with Gasteiger partial charge in [0.05, 0.1) is 3.70 Å². The van der Waals surface area contributed by atoms with E-state index in [1.54, 1.807) is 0 Å². The smallest absolute Gasteiger partial charge is 0.0798 e. The number of hydrogen-bond acceptors (Lipinski definition) is 0. The zero-order valence-electron chi connectivity index (χ0n) is 4.76. The summed E-state index contributed by atoms with van der Waals surface area (Å²) >= 11 is 2.32. The number of halogens is 1. The molecule has 2 heteroatoms. The highest BCUT2D eigenvalue weighted by atomic mass is 127. The fourth-order valence-electron chi connectivity index (χ4n) is 0.650. The van der Waals surface area contributed by atoms with Gasteiger partial charge in [-0.3, -0.25) is 0 Å². The van der Waals surface area contributed by atoms with Gasteiger partial charge in [0.25, 0.3) is 0 Å². The Morgan fingerprint density at radius 1 is 1.75 bits per heavy atom. The van der Waals surface area contributed by atoms with Gasteiger partial charge in [-0.25, -0.2) is 0 Å². The highest BCUT2D eigenvalue weighted by Crippen LogP contribution is 2.03. The Morgan fingerprint density at radius 2 is 2.50 bits per heavy atom. The van der Waals surface area contributed by atoms with Crippen LogP contribution in [-0.4, -0.2) is 4.57 Å². The summed E-state index contributed by atoms with van der Waals surface area (Å²) in [5, 5.41) is 0. The third-order valence-corrected chi connectivity index (χ3v) is 2.09. The molecule has 8 heavy (non-hydrogen) atoms. The van der Waals surface area contributed by atoms with Crippen molar-refractivity contribution in [3.8, 4) is 0 Å². The molecule has 0 amide bonds. The predicted molar refractivity (Wildman–Crippen MR) is 42.8 cm³/mol. The number of rotatable bonds is 1. The quantitative estimate of drug-likeness (QED) is 0.640. The van der Waals surface area contributed by atoms with Crippen molar-refractivity contribution in [2.24, 2.45) is 0 Å². The van der Waals surface area contributed by atoms with Gasteiger partial charge in [0.15, 0.2) is 0 Å². The van der Waals surface area contributed by atoms with Crippen molar-refractivity contribution in [2.45, 2.75) is 13.5 Å². The van der Waals surface area contributed by atoms with E-state index in [2.05, 4.69) is 52.4 Å². The molecule has 0 fully saturated rings. The zero-order chi connectivity index (χ0) is 5.98. The molecule has 0 unspecified atom stereocenters. The lowest BCUT2D eigenvalue weighted by Crippen LogP contribution is -1.92. The van der Waals surface area contributed by atoms with Gasteiger partial charge in [-0.1, -0.05) is 0 Å². The number of nitrogens with zero attached hydrogens (tertiary/aromatic N) is 1. The van der Waals surface area contributed by atoms with Crippen LogP contribution >= 0.6 is 22.6 Å². The average Bonchev–Trinajstić information content (AvgIpc) is 2.14. The molecule has 1 heterocycles. The first-order chi connectivity index (χ1) is 3.84. The van der Waals surface area contributed by atoms with Crippen LogP contribution in [0.2, 0.25) is 0 Å². The molecule has 0 saturated heterocycles. The number of aromatic nitrogens is 1. The highest BCUT2D eigenvalue weighted by molar-refractivity contribution is 14.1. The van der Waals surface area contributed by atoms with Gasteiger partial charge in [-0.2, -0.15) is 0 Å². The van der Waals surface area contributed by atoms with E-state index in [1.165, 1.54) is 3.70 Å². The van der Waals surface area contributed by atoms with Crippen LogP contribution in [0.1, 0.15) is 6.92 Å². The first-order valence-electron chi connectivity index (χ1n) is 2.65. The Bertz CT molecular complexity index is 169. The van der Waals surface area contributed by atoms with Crippen molar-refractivity contribution in [1.82, 2.24) is 4.57 Å². The molecule has 0 aromatic carbocycles. The summed E-state index contributed by atoms with van der Waals surface area (Å²) in [6, 6.07) is 4.16. The molecular formula is C6H8IN. The summed E-state index contributed by atoms with van der Waals surface area (Å²) in [7, 11) is 0. The van der Waals surface area contributed by atoms with Gasteiger partial charge in [0.1, 0.15) is 0 Å². The minimum atomic E-state index is 1.07. The summed E-state index contributed by atoms with van der Waals surface area (Å²) in [6.45, 7) is 3.22. The molecule has 0 bridgehead atoms. The van der Waals surface area contributed by atoms with Gasteiger partial charge >= 0.3 is 0 Å². The highest BCUT2D eigenvalue weighted by Gasteiger charge is 1.88. The van der Waals surface area contributed by atoms with E-state index in [0.717, 1.165) is 6.54 Å². The van der Waals surface area contributed by atoms with Crippen LogP contribution in [0.5, 0.6) is 0 Å². The maximum atomic E-state index is 2.32. The monoisotopic (exact) mass is 221 g/mol. The van der Waals surface area contributed by atoms with E-state index in [-0.39, 0.29) is 0 Å². The van der Waals surface area contributed by atoms with Gasteiger partial charge < -0.3 is 4.57 Å².